The Bertz CT molecular complexity index is 116. The van der Waals surface area contributed by atoms with E-state index in [1.807, 2.05) is 0 Å². The summed E-state index contributed by atoms with van der Waals surface area (Å²) in [7, 11) is 0. The van der Waals surface area contributed by atoms with Gasteiger partial charge in [-0.25, -0.2) is 0 Å². The van der Waals surface area contributed by atoms with Crippen LogP contribution in [0.4, 0.5) is 0 Å². The normalized spacial score (nSPS) is 42.0. The van der Waals surface area contributed by atoms with E-state index < -0.39 is 0 Å². The lowest BCUT2D eigenvalue weighted by Gasteiger charge is -1.93. The first-order valence-electron chi connectivity index (χ1n) is 3.08. The van der Waals surface area contributed by atoms with Gasteiger partial charge < -0.3 is 0 Å². The molecule has 0 aliphatic heterocycles. The highest BCUT2D eigenvalue weighted by Crippen LogP contribution is 2.64. The molecule has 0 nitrogen and oxygen atoms in total. The van der Waals surface area contributed by atoms with Crippen LogP contribution in [0.1, 0.15) is 19.3 Å². The van der Waals surface area contributed by atoms with E-state index in [1.165, 1.54) is 19.3 Å². The summed E-state index contributed by atoms with van der Waals surface area (Å²) in [6, 6.07) is 0. The van der Waals surface area contributed by atoms with E-state index in [2.05, 4.69) is 31.9 Å². The van der Waals surface area contributed by atoms with E-state index in [-0.39, 0.29) is 0 Å². The molecule has 0 amide bonds. The molecule has 1 unspecified atom stereocenters. The summed E-state index contributed by atoms with van der Waals surface area (Å²) in [5.74, 6) is 2.02. The number of alkyl halides is 2. The lowest BCUT2D eigenvalue weighted by atomic mass is 10.3. The third-order valence-electron chi connectivity index (χ3n) is 2.07. The van der Waals surface area contributed by atoms with Crippen LogP contribution in [0.3, 0.4) is 0 Å². The van der Waals surface area contributed by atoms with E-state index in [0.29, 0.717) is 3.23 Å². The third kappa shape index (κ3) is 0.860. The average molecular weight is 240 g/mol. The van der Waals surface area contributed by atoms with Gasteiger partial charge in [-0.2, -0.15) is 0 Å². The first kappa shape index (κ1) is 5.72. The molecule has 2 saturated carbocycles. The summed E-state index contributed by atoms with van der Waals surface area (Å²) in [6.07, 6.45) is 4.30. The van der Waals surface area contributed by atoms with Gasteiger partial charge >= 0.3 is 0 Å². The topological polar surface area (TPSA) is 0 Å². The second kappa shape index (κ2) is 1.51. The van der Waals surface area contributed by atoms with Crippen LogP contribution in [-0.2, 0) is 0 Å². The molecule has 0 aromatic rings. The molecule has 2 heteroatoms. The lowest BCUT2D eigenvalue weighted by Crippen LogP contribution is -1.88. The van der Waals surface area contributed by atoms with Gasteiger partial charge in [-0.1, -0.05) is 31.9 Å². The molecule has 0 saturated heterocycles. The minimum Gasteiger partial charge on any atom is -0.0724 e. The zero-order valence-electron chi connectivity index (χ0n) is 4.53. The van der Waals surface area contributed by atoms with Gasteiger partial charge in [-0.15, -0.1) is 0 Å². The maximum absolute atomic E-state index is 3.61. The van der Waals surface area contributed by atoms with Crippen LogP contribution in [0, 0.1) is 11.8 Å². The monoisotopic (exact) mass is 238 g/mol. The van der Waals surface area contributed by atoms with Crippen molar-refractivity contribution in [2.45, 2.75) is 22.5 Å². The van der Waals surface area contributed by atoms with Crippen molar-refractivity contribution in [1.82, 2.24) is 0 Å². The second-order valence-electron chi connectivity index (χ2n) is 2.91. The Kier molecular flexibility index (Phi) is 1.08. The molecule has 0 heterocycles. The first-order valence-corrected chi connectivity index (χ1v) is 4.66. The molecule has 0 aromatic carbocycles. The number of rotatable bonds is 1. The molecule has 8 heavy (non-hydrogen) atoms. The minimum absolute atomic E-state index is 0.376. The first-order chi connectivity index (χ1) is 3.70. The zero-order chi connectivity index (χ0) is 5.78. The van der Waals surface area contributed by atoms with Gasteiger partial charge in [0.05, 0.1) is 3.23 Å². The smallest absolute Gasteiger partial charge is 0.0724 e. The van der Waals surface area contributed by atoms with Gasteiger partial charge in [0.15, 0.2) is 0 Å². The van der Waals surface area contributed by atoms with Crippen LogP contribution in [0.2, 0.25) is 0 Å². The minimum atomic E-state index is 0.376. The fourth-order valence-corrected chi connectivity index (χ4v) is 2.69. The maximum atomic E-state index is 3.61. The molecule has 0 radical (unpaired) electrons. The molecular weight excluding hydrogens is 232 g/mol. The highest BCUT2D eigenvalue weighted by molar-refractivity contribution is 9.25. The lowest BCUT2D eigenvalue weighted by molar-refractivity contribution is 0.715. The van der Waals surface area contributed by atoms with Gasteiger partial charge in [0.2, 0.25) is 0 Å². The maximum Gasteiger partial charge on any atom is 0.0840 e. The predicted octanol–water partition coefficient (Wildman–Crippen LogP) is 2.90. The fourth-order valence-electron chi connectivity index (χ4n) is 1.24. The van der Waals surface area contributed by atoms with Crippen LogP contribution in [0.5, 0.6) is 0 Å². The molecule has 0 bridgehead atoms. The quantitative estimate of drug-likeness (QED) is 0.618. The van der Waals surface area contributed by atoms with Gasteiger partial charge in [0.25, 0.3) is 0 Å². The van der Waals surface area contributed by atoms with Gasteiger partial charge in [-0.3, -0.25) is 0 Å². The molecule has 2 aliphatic carbocycles. The Hall–Kier alpha value is 0.960. The highest BCUT2D eigenvalue weighted by atomic mass is 79.9. The Morgan fingerprint density at radius 2 is 1.75 bits per heavy atom. The van der Waals surface area contributed by atoms with Crippen molar-refractivity contribution >= 4 is 31.9 Å². The molecule has 0 spiro atoms. The van der Waals surface area contributed by atoms with Crippen LogP contribution in [-0.4, -0.2) is 3.23 Å². The molecule has 2 fully saturated rings. The van der Waals surface area contributed by atoms with E-state index in [4.69, 9.17) is 0 Å². The van der Waals surface area contributed by atoms with E-state index in [0.717, 1.165) is 11.8 Å². The Labute approximate surface area is 66.3 Å². The summed E-state index contributed by atoms with van der Waals surface area (Å²) in [6.45, 7) is 0. The van der Waals surface area contributed by atoms with Crippen LogP contribution in [0.25, 0.3) is 0 Å². The molecule has 0 aromatic heterocycles. The van der Waals surface area contributed by atoms with E-state index in [1.54, 1.807) is 0 Å². The molecule has 0 N–H and O–H groups in total. The summed E-state index contributed by atoms with van der Waals surface area (Å²) >= 11 is 7.22. The average Bonchev–Trinajstić information content (AvgIpc) is 2.37. The van der Waals surface area contributed by atoms with Gasteiger partial charge in [0, 0.05) is 0 Å². The van der Waals surface area contributed by atoms with Crippen LogP contribution >= 0.6 is 31.9 Å². The number of hydrogen-bond acceptors (Lipinski definition) is 0. The molecule has 46 valence electrons. The predicted molar refractivity (Wildman–Crippen MR) is 41.4 cm³/mol. The summed E-state index contributed by atoms with van der Waals surface area (Å²) in [5, 5.41) is 0. The fraction of sp³-hybridized carbons (Fsp3) is 1.00. The Morgan fingerprint density at radius 3 is 1.88 bits per heavy atom. The largest absolute Gasteiger partial charge is 0.0840 e. The standard InChI is InChI=1S/C6H8Br2/c7-6(8)3-5(6)4-1-2-4/h4-5H,1-3H2. The Morgan fingerprint density at radius 1 is 1.25 bits per heavy atom. The summed E-state index contributed by atoms with van der Waals surface area (Å²) in [5.41, 5.74) is 0. The van der Waals surface area contributed by atoms with E-state index in [9.17, 15) is 0 Å². The SMILES string of the molecule is BrC1(Br)CC1C1CC1. The highest BCUT2D eigenvalue weighted by Gasteiger charge is 2.56. The zero-order valence-corrected chi connectivity index (χ0v) is 7.70. The van der Waals surface area contributed by atoms with Gasteiger partial charge in [-0.05, 0) is 31.1 Å². The van der Waals surface area contributed by atoms with Crippen molar-refractivity contribution in [3.05, 3.63) is 0 Å². The summed E-state index contributed by atoms with van der Waals surface area (Å²) < 4.78 is 0.376. The van der Waals surface area contributed by atoms with Crippen molar-refractivity contribution < 1.29 is 0 Å². The van der Waals surface area contributed by atoms with Gasteiger partial charge in [0.1, 0.15) is 0 Å². The molecular formula is C6H8Br2. The van der Waals surface area contributed by atoms with Crippen molar-refractivity contribution in [1.29, 1.82) is 0 Å². The number of hydrogen-bond donors (Lipinski definition) is 0. The van der Waals surface area contributed by atoms with E-state index >= 15 is 0 Å². The van der Waals surface area contributed by atoms with Crippen molar-refractivity contribution in [3.8, 4) is 0 Å². The summed E-state index contributed by atoms with van der Waals surface area (Å²) in [4.78, 5) is 0. The number of halogens is 2. The molecule has 1 atom stereocenters. The van der Waals surface area contributed by atoms with Crippen LogP contribution in [0.15, 0.2) is 0 Å². The van der Waals surface area contributed by atoms with Crippen LogP contribution < -0.4 is 0 Å². The third-order valence-corrected chi connectivity index (χ3v) is 3.89. The Balaban J connectivity index is 1.95. The second-order valence-corrected chi connectivity index (χ2v) is 6.80. The molecule has 2 aliphatic rings. The van der Waals surface area contributed by atoms with Crippen molar-refractivity contribution in [3.63, 3.8) is 0 Å². The van der Waals surface area contributed by atoms with Crippen molar-refractivity contribution in [2.24, 2.45) is 11.8 Å². The van der Waals surface area contributed by atoms with Crippen molar-refractivity contribution in [2.75, 3.05) is 0 Å². The molecule has 2 rings (SSSR count).